The molecule has 34 heavy (non-hydrogen) atoms. The van der Waals surface area contributed by atoms with Crippen LogP contribution in [0, 0.1) is 0 Å². The first-order chi connectivity index (χ1) is 16.1. The van der Waals surface area contributed by atoms with E-state index in [-0.39, 0.29) is 22.9 Å². The van der Waals surface area contributed by atoms with Crippen molar-refractivity contribution in [2.45, 2.75) is 51.6 Å². The summed E-state index contributed by atoms with van der Waals surface area (Å²) in [5.74, 6) is 0.00257. The van der Waals surface area contributed by atoms with Gasteiger partial charge in [0.2, 0.25) is 5.91 Å². The number of anilines is 2. The van der Waals surface area contributed by atoms with Gasteiger partial charge in [0.1, 0.15) is 0 Å². The highest BCUT2D eigenvalue weighted by molar-refractivity contribution is 6.30. The van der Waals surface area contributed by atoms with Gasteiger partial charge in [-0.25, -0.2) is 4.79 Å². The van der Waals surface area contributed by atoms with E-state index in [0.29, 0.717) is 17.3 Å². The topological polar surface area (TPSA) is 61.4 Å². The first-order valence-corrected chi connectivity index (χ1v) is 11.8. The Morgan fingerprint density at radius 2 is 1.65 bits per heavy atom. The average Bonchev–Trinajstić information content (AvgIpc) is 2.79. The highest BCUT2D eigenvalue weighted by Crippen LogP contribution is 2.51. The molecule has 3 amide bonds. The van der Waals surface area contributed by atoms with E-state index in [4.69, 9.17) is 11.6 Å². The van der Waals surface area contributed by atoms with Crippen LogP contribution in [0.3, 0.4) is 0 Å². The summed E-state index contributed by atoms with van der Waals surface area (Å²) in [5.41, 5.74) is 4.01. The molecule has 3 aromatic rings. The minimum atomic E-state index is -0.367. The van der Waals surface area contributed by atoms with Crippen LogP contribution < -0.4 is 15.5 Å². The summed E-state index contributed by atoms with van der Waals surface area (Å²) in [5, 5.41) is 6.49. The van der Waals surface area contributed by atoms with E-state index in [2.05, 4.69) is 43.5 Å². The second-order valence-electron chi connectivity index (χ2n) is 9.71. The Balaban J connectivity index is 1.65. The zero-order valence-electron chi connectivity index (χ0n) is 20.0. The molecule has 0 spiro atoms. The van der Waals surface area contributed by atoms with Crippen molar-refractivity contribution in [1.29, 1.82) is 0 Å². The molecule has 1 aliphatic heterocycles. The Morgan fingerprint density at radius 3 is 2.29 bits per heavy atom. The molecule has 5 nitrogen and oxygen atoms in total. The minimum absolute atomic E-state index is 0.00257. The van der Waals surface area contributed by atoms with Gasteiger partial charge in [-0.1, -0.05) is 61.0 Å². The normalized spacial score (nSPS) is 18.7. The number of fused-ring (bicyclic) bond motifs is 1. The van der Waals surface area contributed by atoms with Crippen molar-refractivity contribution in [1.82, 2.24) is 5.32 Å². The van der Waals surface area contributed by atoms with E-state index in [1.54, 1.807) is 19.1 Å². The summed E-state index contributed by atoms with van der Waals surface area (Å²) >= 11 is 5.93. The predicted molar refractivity (Wildman–Crippen MR) is 139 cm³/mol. The maximum atomic E-state index is 12.7. The molecular formula is C28H30ClN3O2. The number of halogens is 1. The Labute approximate surface area is 206 Å². The second-order valence-corrected chi connectivity index (χ2v) is 10.1. The summed E-state index contributed by atoms with van der Waals surface area (Å²) in [7, 11) is 0. The van der Waals surface area contributed by atoms with Crippen LogP contribution in [-0.4, -0.2) is 17.5 Å². The van der Waals surface area contributed by atoms with Crippen LogP contribution in [0.4, 0.5) is 16.2 Å². The molecule has 2 N–H and O–H groups in total. The molecule has 176 valence electrons. The first-order valence-electron chi connectivity index (χ1n) is 11.4. The molecule has 1 unspecified atom stereocenters. The van der Waals surface area contributed by atoms with Crippen molar-refractivity contribution >= 4 is 34.9 Å². The number of benzene rings is 3. The number of nitrogens with zero attached hydrogens (tertiary/aromatic N) is 1. The van der Waals surface area contributed by atoms with Crippen LogP contribution in [0.15, 0.2) is 72.8 Å². The van der Waals surface area contributed by atoms with E-state index >= 15 is 0 Å². The predicted octanol–water partition coefficient (Wildman–Crippen LogP) is 6.50. The van der Waals surface area contributed by atoms with Crippen molar-refractivity contribution in [3.8, 4) is 0 Å². The lowest BCUT2D eigenvalue weighted by Gasteiger charge is -2.51. The SMILES string of the molecule is CC(=O)N1c2ccc(NC(=O)NCc3ccc(Cl)cc3)cc2C(C)(c2ccccc2)CC1(C)C. The number of amides is 3. The van der Waals surface area contributed by atoms with Crippen molar-refractivity contribution in [3.63, 3.8) is 0 Å². The molecule has 3 aromatic carbocycles. The fraction of sp³-hybridized carbons (Fsp3) is 0.286. The summed E-state index contributed by atoms with van der Waals surface area (Å²) in [6.07, 6.45) is 0.753. The standard InChI is InChI=1S/C28H30ClN3O2/c1-19(33)32-25-15-14-23(31-26(34)30-17-20-10-12-22(29)13-11-20)16-24(25)28(4,18-27(32,2)3)21-8-6-5-7-9-21/h5-16H,17-18H2,1-4H3,(H2,30,31,34). The molecule has 0 aliphatic carbocycles. The van der Waals surface area contributed by atoms with Gasteiger partial charge in [-0.3, -0.25) is 4.79 Å². The molecule has 1 aliphatic rings. The van der Waals surface area contributed by atoms with E-state index < -0.39 is 0 Å². The van der Waals surface area contributed by atoms with Gasteiger partial charge in [0, 0.05) is 40.8 Å². The Kier molecular flexibility index (Phi) is 6.41. The third-order valence-corrected chi connectivity index (χ3v) is 6.83. The maximum Gasteiger partial charge on any atom is 0.319 e. The van der Waals surface area contributed by atoms with Gasteiger partial charge in [-0.05, 0) is 67.3 Å². The Hall–Kier alpha value is -3.31. The average molecular weight is 476 g/mol. The van der Waals surface area contributed by atoms with Crippen LogP contribution in [0.5, 0.6) is 0 Å². The van der Waals surface area contributed by atoms with Crippen molar-refractivity contribution < 1.29 is 9.59 Å². The Bertz CT molecular complexity index is 1210. The smallest absolute Gasteiger partial charge is 0.319 e. The third-order valence-electron chi connectivity index (χ3n) is 6.57. The van der Waals surface area contributed by atoms with Crippen LogP contribution in [-0.2, 0) is 16.8 Å². The number of nitrogens with one attached hydrogen (secondary N) is 2. The molecule has 1 atom stereocenters. The summed E-state index contributed by atoms with van der Waals surface area (Å²) in [6.45, 7) is 8.42. The number of carbonyl (C=O) groups excluding carboxylic acids is 2. The van der Waals surface area contributed by atoms with Gasteiger partial charge in [-0.2, -0.15) is 0 Å². The second kappa shape index (κ2) is 9.15. The summed E-state index contributed by atoms with van der Waals surface area (Å²) in [4.78, 5) is 27.2. The highest BCUT2D eigenvalue weighted by Gasteiger charge is 2.47. The van der Waals surface area contributed by atoms with E-state index in [9.17, 15) is 9.59 Å². The van der Waals surface area contributed by atoms with Gasteiger partial charge in [0.25, 0.3) is 0 Å². The van der Waals surface area contributed by atoms with Gasteiger partial charge in [0.05, 0.1) is 0 Å². The number of urea groups is 1. The van der Waals surface area contributed by atoms with E-state index in [0.717, 1.165) is 23.2 Å². The van der Waals surface area contributed by atoms with Crippen molar-refractivity contribution in [2.24, 2.45) is 0 Å². The number of carbonyl (C=O) groups is 2. The molecule has 0 saturated heterocycles. The molecule has 0 aromatic heterocycles. The zero-order chi connectivity index (χ0) is 24.5. The molecule has 0 bridgehead atoms. The third kappa shape index (κ3) is 4.66. The van der Waals surface area contributed by atoms with Crippen molar-refractivity contribution in [3.05, 3.63) is 94.5 Å². The van der Waals surface area contributed by atoms with Gasteiger partial charge < -0.3 is 15.5 Å². The lowest BCUT2D eigenvalue weighted by atomic mass is 9.65. The molecule has 0 radical (unpaired) electrons. The zero-order valence-corrected chi connectivity index (χ0v) is 20.7. The van der Waals surface area contributed by atoms with E-state index in [1.165, 1.54) is 5.56 Å². The largest absolute Gasteiger partial charge is 0.334 e. The highest BCUT2D eigenvalue weighted by atomic mass is 35.5. The van der Waals surface area contributed by atoms with Gasteiger partial charge in [-0.15, -0.1) is 0 Å². The molecular weight excluding hydrogens is 446 g/mol. The minimum Gasteiger partial charge on any atom is -0.334 e. The lowest BCUT2D eigenvalue weighted by molar-refractivity contribution is -0.117. The lowest BCUT2D eigenvalue weighted by Crippen LogP contribution is -2.55. The fourth-order valence-corrected chi connectivity index (χ4v) is 5.36. The fourth-order valence-electron chi connectivity index (χ4n) is 5.24. The van der Waals surface area contributed by atoms with Crippen LogP contribution >= 0.6 is 11.6 Å². The van der Waals surface area contributed by atoms with Gasteiger partial charge in [0.15, 0.2) is 0 Å². The van der Waals surface area contributed by atoms with Crippen molar-refractivity contribution in [2.75, 3.05) is 10.2 Å². The van der Waals surface area contributed by atoms with Gasteiger partial charge >= 0.3 is 6.03 Å². The maximum absolute atomic E-state index is 12.7. The summed E-state index contributed by atoms with van der Waals surface area (Å²) < 4.78 is 0. The van der Waals surface area contributed by atoms with Crippen LogP contribution in [0.25, 0.3) is 0 Å². The first kappa shape index (κ1) is 23.8. The van der Waals surface area contributed by atoms with E-state index in [1.807, 2.05) is 53.4 Å². The summed E-state index contributed by atoms with van der Waals surface area (Å²) in [6, 6.07) is 23.2. The van der Waals surface area contributed by atoms with Crippen LogP contribution in [0.1, 0.15) is 50.8 Å². The number of hydrogen-bond donors (Lipinski definition) is 2. The Morgan fingerprint density at radius 1 is 0.971 bits per heavy atom. The molecule has 4 rings (SSSR count). The van der Waals surface area contributed by atoms with Crippen LogP contribution in [0.2, 0.25) is 5.02 Å². The molecule has 1 heterocycles. The number of rotatable bonds is 4. The monoisotopic (exact) mass is 475 g/mol. The molecule has 6 heteroatoms. The molecule has 0 fully saturated rings. The quantitative estimate of drug-likeness (QED) is 0.452. The number of hydrogen-bond acceptors (Lipinski definition) is 2. The molecule has 0 saturated carbocycles.